The first-order valence-electron chi connectivity index (χ1n) is 9.39. The highest BCUT2D eigenvalue weighted by molar-refractivity contribution is 4.63. The Hall–Kier alpha value is -0.0800. The molecule has 2 heteroatoms. The van der Waals surface area contributed by atoms with E-state index >= 15 is 0 Å². The van der Waals surface area contributed by atoms with Gasteiger partial charge < -0.3 is 9.47 Å². The van der Waals surface area contributed by atoms with E-state index in [1.54, 1.807) is 0 Å². The zero-order valence-electron chi connectivity index (χ0n) is 15.4. The molecule has 2 nitrogen and oxygen atoms in total. The summed E-state index contributed by atoms with van der Waals surface area (Å²) in [6, 6.07) is 0. The standard InChI is InChI=1S/C19H40O2/c1-6-15-18(7-2)16-13-11-10-12-14-17-19(5,20-8-3)21-9-4/h18H,6-17H2,1-5H3. The van der Waals surface area contributed by atoms with Crippen LogP contribution in [0.15, 0.2) is 0 Å². The van der Waals surface area contributed by atoms with Crippen LogP contribution in [0.1, 0.15) is 98.8 Å². The molecular weight excluding hydrogens is 260 g/mol. The highest BCUT2D eigenvalue weighted by Crippen LogP contribution is 2.23. The van der Waals surface area contributed by atoms with E-state index in [9.17, 15) is 0 Å². The average Bonchev–Trinajstić information content (AvgIpc) is 2.45. The predicted octanol–water partition coefficient (Wildman–Crippen LogP) is 6.33. The number of ether oxygens (including phenoxy) is 2. The van der Waals surface area contributed by atoms with E-state index in [1.807, 2.05) is 13.8 Å². The van der Waals surface area contributed by atoms with Crippen molar-refractivity contribution in [2.75, 3.05) is 13.2 Å². The molecule has 0 spiro atoms. The first-order valence-corrected chi connectivity index (χ1v) is 9.39. The molecule has 128 valence electrons. The summed E-state index contributed by atoms with van der Waals surface area (Å²) in [5.41, 5.74) is 0. The van der Waals surface area contributed by atoms with Crippen LogP contribution >= 0.6 is 0 Å². The molecule has 0 saturated carbocycles. The van der Waals surface area contributed by atoms with Gasteiger partial charge in [-0.1, -0.05) is 65.2 Å². The summed E-state index contributed by atoms with van der Waals surface area (Å²) in [5, 5.41) is 0. The van der Waals surface area contributed by atoms with Crippen LogP contribution in [-0.4, -0.2) is 19.0 Å². The first-order chi connectivity index (χ1) is 10.1. The maximum absolute atomic E-state index is 5.75. The summed E-state index contributed by atoms with van der Waals surface area (Å²) in [7, 11) is 0. The van der Waals surface area contributed by atoms with Crippen LogP contribution in [0.25, 0.3) is 0 Å². The summed E-state index contributed by atoms with van der Waals surface area (Å²) in [6.07, 6.45) is 13.2. The summed E-state index contributed by atoms with van der Waals surface area (Å²) in [5.74, 6) is 0.604. The minimum Gasteiger partial charge on any atom is -0.351 e. The molecule has 0 N–H and O–H groups in total. The van der Waals surface area contributed by atoms with Crippen LogP contribution in [0.3, 0.4) is 0 Å². The van der Waals surface area contributed by atoms with Gasteiger partial charge in [-0.2, -0.15) is 0 Å². The second-order valence-electron chi connectivity index (χ2n) is 6.37. The van der Waals surface area contributed by atoms with E-state index in [1.165, 1.54) is 57.8 Å². The van der Waals surface area contributed by atoms with Crippen molar-refractivity contribution in [3.63, 3.8) is 0 Å². The van der Waals surface area contributed by atoms with Gasteiger partial charge >= 0.3 is 0 Å². The molecule has 0 bridgehead atoms. The smallest absolute Gasteiger partial charge is 0.165 e. The van der Waals surface area contributed by atoms with Gasteiger partial charge in [0.05, 0.1) is 0 Å². The maximum Gasteiger partial charge on any atom is 0.165 e. The van der Waals surface area contributed by atoms with Gasteiger partial charge in [-0.15, -0.1) is 0 Å². The second-order valence-corrected chi connectivity index (χ2v) is 6.37. The third kappa shape index (κ3) is 11.2. The highest BCUT2D eigenvalue weighted by atomic mass is 16.7. The van der Waals surface area contributed by atoms with Gasteiger partial charge in [-0.3, -0.25) is 0 Å². The van der Waals surface area contributed by atoms with E-state index in [0.717, 1.165) is 25.6 Å². The molecule has 0 aliphatic heterocycles. The molecule has 0 saturated heterocycles. The summed E-state index contributed by atoms with van der Waals surface area (Å²) in [6.45, 7) is 12.3. The highest BCUT2D eigenvalue weighted by Gasteiger charge is 2.23. The third-order valence-electron chi connectivity index (χ3n) is 4.42. The predicted molar refractivity (Wildman–Crippen MR) is 92.7 cm³/mol. The minimum absolute atomic E-state index is 0.363. The molecule has 0 rings (SSSR count). The van der Waals surface area contributed by atoms with Crippen molar-refractivity contribution in [3.05, 3.63) is 0 Å². The quantitative estimate of drug-likeness (QED) is 0.260. The van der Waals surface area contributed by atoms with Crippen LogP contribution in [0, 0.1) is 5.92 Å². The van der Waals surface area contributed by atoms with Gasteiger partial charge in [0.1, 0.15) is 0 Å². The van der Waals surface area contributed by atoms with Crippen molar-refractivity contribution >= 4 is 0 Å². The van der Waals surface area contributed by atoms with E-state index in [-0.39, 0.29) is 5.79 Å². The Morgan fingerprint density at radius 2 is 1.33 bits per heavy atom. The molecule has 0 radical (unpaired) electrons. The number of hydrogen-bond donors (Lipinski definition) is 0. The van der Waals surface area contributed by atoms with Gasteiger partial charge in [-0.25, -0.2) is 0 Å². The third-order valence-corrected chi connectivity index (χ3v) is 4.42. The first kappa shape index (κ1) is 20.9. The van der Waals surface area contributed by atoms with E-state index in [4.69, 9.17) is 9.47 Å². The fourth-order valence-corrected chi connectivity index (χ4v) is 3.17. The topological polar surface area (TPSA) is 18.5 Å². The maximum atomic E-state index is 5.75. The Bertz CT molecular complexity index is 210. The molecule has 0 aromatic carbocycles. The molecule has 0 aliphatic carbocycles. The van der Waals surface area contributed by atoms with E-state index < -0.39 is 0 Å². The van der Waals surface area contributed by atoms with Crippen molar-refractivity contribution in [1.29, 1.82) is 0 Å². The normalized spacial score (nSPS) is 13.6. The Balaban J connectivity index is 3.61. The van der Waals surface area contributed by atoms with Gasteiger partial charge in [0.25, 0.3) is 0 Å². The number of rotatable bonds is 15. The van der Waals surface area contributed by atoms with Crippen LogP contribution in [-0.2, 0) is 9.47 Å². The molecule has 0 aliphatic rings. The SMILES string of the molecule is CCCC(CC)CCCCCCCC(C)(OCC)OCC. The van der Waals surface area contributed by atoms with E-state index in [0.29, 0.717) is 0 Å². The average molecular weight is 301 g/mol. The van der Waals surface area contributed by atoms with Gasteiger partial charge in [-0.05, 0) is 33.1 Å². The lowest BCUT2D eigenvalue weighted by molar-refractivity contribution is -0.225. The second kappa shape index (κ2) is 13.6. The lowest BCUT2D eigenvalue weighted by atomic mass is 9.94. The fourth-order valence-electron chi connectivity index (χ4n) is 3.17. The van der Waals surface area contributed by atoms with Crippen molar-refractivity contribution in [2.24, 2.45) is 5.92 Å². The van der Waals surface area contributed by atoms with Crippen molar-refractivity contribution < 1.29 is 9.47 Å². The van der Waals surface area contributed by atoms with Crippen molar-refractivity contribution in [3.8, 4) is 0 Å². The van der Waals surface area contributed by atoms with Gasteiger partial charge in [0.2, 0.25) is 0 Å². The largest absolute Gasteiger partial charge is 0.351 e. The zero-order valence-corrected chi connectivity index (χ0v) is 15.4. The molecule has 0 amide bonds. The number of hydrogen-bond acceptors (Lipinski definition) is 2. The Kier molecular flexibility index (Phi) is 13.5. The fraction of sp³-hybridized carbons (Fsp3) is 1.00. The zero-order chi connectivity index (χ0) is 16.0. The van der Waals surface area contributed by atoms with E-state index in [2.05, 4.69) is 20.8 Å². The van der Waals surface area contributed by atoms with Crippen LogP contribution in [0.2, 0.25) is 0 Å². The van der Waals surface area contributed by atoms with Crippen molar-refractivity contribution in [1.82, 2.24) is 0 Å². The monoisotopic (exact) mass is 300 g/mol. The van der Waals surface area contributed by atoms with Crippen molar-refractivity contribution in [2.45, 2.75) is 105 Å². The van der Waals surface area contributed by atoms with Crippen LogP contribution < -0.4 is 0 Å². The lowest BCUT2D eigenvalue weighted by Crippen LogP contribution is -2.32. The Morgan fingerprint density at radius 1 is 0.762 bits per heavy atom. The summed E-state index contributed by atoms with van der Waals surface area (Å²) in [4.78, 5) is 0. The molecule has 0 aromatic rings. The van der Waals surface area contributed by atoms with Gasteiger partial charge in [0.15, 0.2) is 5.79 Å². The summed E-state index contributed by atoms with van der Waals surface area (Å²) >= 11 is 0. The van der Waals surface area contributed by atoms with Gasteiger partial charge in [0, 0.05) is 19.6 Å². The molecule has 1 atom stereocenters. The van der Waals surface area contributed by atoms with Crippen LogP contribution in [0.4, 0.5) is 0 Å². The Morgan fingerprint density at radius 3 is 1.86 bits per heavy atom. The molecule has 0 fully saturated rings. The minimum atomic E-state index is -0.363. The summed E-state index contributed by atoms with van der Waals surface area (Å²) < 4.78 is 11.5. The Labute approximate surface area is 134 Å². The molecular formula is C19H40O2. The molecule has 0 heterocycles. The molecule has 0 aromatic heterocycles. The lowest BCUT2D eigenvalue weighted by Gasteiger charge is -2.29. The molecule has 1 unspecified atom stereocenters. The molecule has 21 heavy (non-hydrogen) atoms. The number of unbranched alkanes of at least 4 members (excludes halogenated alkanes) is 4. The van der Waals surface area contributed by atoms with Crippen LogP contribution in [0.5, 0.6) is 0 Å².